The molecule has 1 heterocycles. The largest absolute Gasteiger partial charge is 0.354 e. The Bertz CT molecular complexity index is 620. The average molecular weight is 348 g/mol. The van der Waals surface area contributed by atoms with E-state index in [1.165, 1.54) is 24.3 Å². The first-order chi connectivity index (χ1) is 11.9. The summed E-state index contributed by atoms with van der Waals surface area (Å²) >= 11 is 0. The fourth-order valence-electron chi connectivity index (χ4n) is 2.95. The molecule has 0 aliphatic carbocycles. The number of Topliss-reactive ketones (excluding diaryl/α,β-unsaturated/α-hetero) is 1. The van der Waals surface area contributed by atoms with Gasteiger partial charge >= 0.3 is 0 Å². The Labute approximate surface area is 147 Å². The molecule has 1 aromatic carbocycles. The Morgan fingerprint density at radius 3 is 2.28 bits per heavy atom. The van der Waals surface area contributed by atoms with E-state index in [1.54, 1.807) is 4.90 Å². The van der Waals surface area contributed by atoms with Crippen LogP contribution in [0, 0.1) is 11.7 Å². The average Bonchev–Trinajstić information content (AvgIpc) is 2.59. The van der Waals surface area contributed by atoms with E-state index in [-0.39, 0.29) is 42.4 Å². The number of likely N-dealkylation sites (tertiary alicyclic amines) is 1. The molecule has 5 nitrogen and oxygen atoms in total. The van der Waals surface area contributed by atoms with Crippen LogP contribution in [0.1, 0.15) is 49.9 Å². The van der Waals surface area contributed by atoms with E-state index in [9.17, 15) is 18.8 Å². The number of amides is 2. The number of piperidine rings is 1. The van der Waals surface area contributed by atoms with Crippen LogP contribution < -0.4 is 5.32 Å². The predicted octanol–water partition coefficient (Wildman–Crippen LogP) is 2.55. The molecule has 0 unspecified atom stereocenters. The monoisotopic (exact) mass is 348 g/mol. The second-order valence-electron chi connectivity index (χ2n) is 6.75. The van der Waals surface area contributed by atoms with Crippen molar-refractivity contribution in [1.29, 1.82) is 0 Å². The quantitative estimate of drug-likeness (QED) is 0.804. The van der Waals surface area contributed by atoms with E-state index in [4.69, 9.17) is 0 Å². The number of halogens is 1. The third kappa shape index (κ3) is 5.66. The minimum Gasteiger partial charge on any atom is -0.354 e. The summed E-state index contributed by atoms with van der Waals surface area (Å²) in [4.78, 5) is 38.0. The maximum absolute atomic E-state index is 12.9. The summed E-state index contributed by atoms with van der Waals surface area (Å²) in [6, 6.07) is 5.45. The highest BCUT2D eigenvalue weighted by Crippen LogP contribution is 2.19. The number of ketones is 1. The van der Waals surface area contributed by atoms with Crippen molar-refractivity contribution in [2.24, 2.45) is 5.92 Å². The molecule has 1 aliphatic heterocycles. The van der Waals surface area contributed by atoms with Gasteiger partial charge in [0.1, 0.15) is 5.82 Å². The van der Waals surface area contributed by atoms with Gasteiger partial charge in [-0.3, -0.25) is 14.4 Å². The fraction of sp³-hybridized carbons (Fsp3) is 0.526. The number of rotatable bonds is 6. The van der Waals surface area contributed by atoms with Crippen LogP contribution >= 0.6 is 0 Å². The molecule has 25 heavy (non-hydrogen) atoms. The van der Waals surface area contributed by atoms with Gasteiger partial charge in [0, 0.05) is 43.5 Å². The molecular weight excluding hydrogens is 323 g/mol. The number of carbonyl (C=O) groups is 3. The number of hydrogen-bond donors (Lipinski definition) is 1. The van der Waals surface area contributed by atoms with Gasteiger partial charge in [-0.25, -0.2) is 4.39 Å². The van der Waals surface area contributed by atoms with E-state index in [0.29, 0.717) is 31.5 Å². The highest BCUT2D eigenvalue weighted by molar-refractivity contribution is 5.97. The molecule has 0 spiro atoms. The first kappa shape index (κ1) is 19.1. The van der Waals surface area contributed by atoms with Crippen LogP contribution in [-0.4, -0.2) is 41.6 Å². The molecule has 0 aromatic heterocycles. The third-order valence-corrected chi connectivity index (χ3v) is 4.38. The van der Waals surface area contributed by atoms with Crippen molar-refractivity contribution in [2.45, 2.75) is 45.6 Å². The number of benzene rings is 1. The number of carbonyl (C=O) groups excluding carboxylic acids is 3. The van der Waals surface area contributed by atoms with Gasteiger partial charge in [0.15, 0.2) is 5.78 Å². The van der Waals surface area contributed by atoms with Gasteiger partial charge in [0.2, 0.25) is 11.8 Å². The van der Waals surface area contributed by atoms with Crippen molar-refractivity contribution in [3.63, 3.8) is 0 Å². The molecule has 1 fully saturated rings. The first-order valence-corrected chi connectivity index (χ1v) is 8.73. The Morgan fingerprint density at radius 2 is 1.72 bits per heavy atom. The van der Waals surface area contributed by atoms with Crippen molar-refractivity contribution in [3.8, 4) is 0 Å². The molecule has 0 radical (unpaired) electrons. The molecule has 2 rings (SSSR count). The molecule has 1 aromatic rings. The number of nitrogens with one attached hydrogen (secondary N) is 1. The molecule has 1 saturated heterocycles. The Kier molecular flexibility index (Phi) is 6.67. The van der Waals surface area contributed by atoms with Gasteiger partial charge < -0.3 is 10.2 Å². The lowest BCUT2D eigenvalue weighted by Gasteiger charge is -2.31. The molecule has 0 bridgehead atoms. The van der Waals surface area contributed by atoms with E-state index >= 15 is 0 Å². The summed E-state index contributed by atoms with van der Waals surface area (Å²) < 4.78 is 12.9. The summed E-state index contributed by atoms with van der Waals surface area (Å²) in [7, 11) is 0. The normalized spacial score (nSPS) is 15.3. The summed E-state index contributed by atoms with van der Waals surface area (Å²) in [5, 5.41) is 2.90. The summed E-state index contributed by atoms with van der Waals surface area (Å²) in [5.74, 6) is -0.629. The zero-order chi connectivity index (χ0) is 18.4. The highest BCUT2D eigenvalue weighted by atomic mass is 19.1. The number of hydrogen-bond acceptors (Lipinski definition) is 3. The van der Waals surface area contributed by atoms with Gasteiger partial charge in [-0.1, -0.05) is 0 Å². The lowest BCUT2D eigenvalue weighted by atomic mass is 9.95. The van der Waals surface area contributed by atoms with Crippen LogP contribution in [0.25, 0.3) is 0 Å². The van der Waals surface area contributed by atoms with Gasteiger partial charge in [0.05, 0.1) is 0 Å². The summed E-state index contributed by atoms with van der Waals surface area (Å²) in [6.45, 7) is 4.93. The third-order valence-electron chi connectivity index (χ3n) is 4.38. The van der Waals surface area contributed by atoms with Crippen molar-refractivity contribution in [2.75, 3.05) is 13.1 Å². The molecular formula is C19H25FN2O3. The molecule has 0 atom stereocenters. The van der Waals surface area contributed by atoms with E-state index in [2.05, 4.69) is 5.32 Å². The van der Waals surface area contributed by atoms with E-state index < -0.39 is 5.82 Å². The fourth-order valence-corrected chi connectivity index (χ4v) is 2.95. The molecule has 6 heteroatoms. The van der Waals surface area contributed by atoms with Gasteiger partial charge in [-0.2, -0.15) is 0 Å². The van der Waals surface area contributed by atoms with Gasteiger partial charge in [-0.05, 0) is 51.0 Å². The van der Waals surface area contributed by atoms with Gasteiger partial charge in [-0.15, -0.1) is 0 Å². The highest BCUT2D eigenvalue weighted by Gasteiger charge is 2.27. The Morgan fingerprint density at radius 1 is 1.12 bits per heavy atom. The van der Waals surface area contributed by atoms with Crippen LogP contribution in [0.2, 0.25) is 0 Å². The SMILES string of the molecule is CC(C)NC(=O)C1CCN(C(=O)CCC(=O)c2ccc(F)cc2)CC1. The second kappa shape index (κ2) is 8.74. The van der Waals surface area contributed by atoms with Crippen LogP contribution in [0.3, 0.4) is 0 Å². The predicted molar refractivity (Wildman–Crippen MR) is 92.5 cm³/mol. The molecule has 0 saturated carbocycles. The zero-order valence-corrected chi connectivity index (χ0v) is 14.8. The van der Waals surface area contributed by atoms with Crippen LogP contribution in [0.4, 0.5) is 4.39 Å². The van der Waals surface area contributed by atoms with Crippen molar-refractivity contribution >= 4 is 17.6 Å². The van der Waals surface area contributed by atoms with Crippen LogP contribution in [-0.2, 0) is 9.59 Å². The topological polar surface area (TPSA) is 66.5 Å². The smallest absolute Gasteiger partial charge is 0.223 e. The lowest BCUT2D eigenvalue weighted by Crippen LogP contribution is -2.44. The molecule has 2 amide bonds. The maximum Gasteiger partial charge on any atom is 0.223 e. The Hall–Kier alpha value is -2.24. The summed E-state index contributed by atoms with van der Waals surface area (Å²) in [5.41, 5.74) is 0.415. The van der Waals surface area contributed by atoms with Crippen molar-refractivity contribution in [1.82, 2.24) is 10.2 Å². The van der Waals surface area contributed by atoms with Crippen LogP contribution in [0.15, 0.2) is 24.3 Å². The maximum atomic E-state index is 12.9. The second-order valence-corrected chi connectivity index (χ2v) is 6.75. The standard InChI is InChI=1S/C19H25FN2O3/c1-13(2)21-19(25)15-9-11-22(12-10-15)18(24)8-7-17(23)14-3-5-16(20)6-4-14/h3-6,13,15H,7-12H2,1-2H3,(H,21,25). The summed E-state index contributed by atoms with van der Waals surface area (Å²) in [6.07, 6.45) is 1.55. The molecule has 1 aliphatic rings. The minimum atomic E-state index is -0.392. The van der Waals surface area contributed by atoms with E-state index in [1.807, 2.05) is 13.8 Å². The minimum absolute atomic E-state index is 0.0488. The molecule has 1 N–H and O–H groups in total. The van der Waals surface area contributed by atoms with Crippen molar-refractivity contribution in [3.05, 3.63) is 35.6 Å². The molecule has 136 valence electrons. The number of nitrogens with zero attached hydrogens (tertiary/aromatic N) is 1. The zero-order valence-electron chi connectivity index (χ0n) is 14.8. The lowest BCUT2D eigenvalue weighted by molar-refractivity contribution is -0.135. The Balaban J connectivity index is 1.76. The van der Waals surface area contributed by atoms with Crippen LogP contribution in [0.5, 0.6) is 0 Å². The van der Waals surface area contributed by atoms with Gasteiger partial charge in [0.25, 0.3) is 0 Å². The first-order valence-electron chi connectivity index (χ1n) is 8.73. The van der Waals surface area contributed by atoms with Crippen molar-refractivity contribution < 1.29 is 18.8 Å². The van der Waals surface area contributed by atoms with E-state index in [0.717, 1.165) is 0 Å².